The number of amides is 1. The van der Waals surface area contributed by atoms with Gasteiger partial charge in [0, 0.05) is 37.7 Å². The highest BCUT2D eigenvalue weighted by atomic mass is 16.5. The molecule has 1 aromatic carbocycles. The average molecular weight is 414 g/mol. The lowest BCUT2D eigenvalue weighted by Gasteiger charge is -2.33. The van der Waals surface area contributed by atoms with E-state index in [1.807, 2.05) is 0 Å². The van der Waals surface area contributed by atoms with Gasteiger partial charge in [0.2, 0.25) is 17.1 Å². The number of hydrogen-bond donors (Lipinski definition) is 2. The number of carbonyl (C=O) groups excluding carboxylic acids is 2. The maximum Gasteiger partial charge on any atom is 0.227 e. The minimum atomic E-state index is -1.04. The number of nitrogens with zero attached hydrogens (tertiary/aromatic N) is 1. The van der Waals surface area contributed by atoms with Crippen LogP contribution in [0.1, 0.15) is 47.7 Å². The van der Waals surface area contributed by atoms with Gasteiger partial charge in [0.05, 0.1) is 7.11 Å². The van der Waals surface area contributed by atoms with Gasteiger partial charge in [-0.15, -0.1) is 0 Å². The third-order valence-corrected chi connectivity index (χ3v) is 5.31. The number of aryl methyl sites for hydroxylation is 1. The topological polar surface area (TPSA) is 109 Å². The number of likely N-dealkylation sites (tertiary alicyclic amines) is 1. The number of benzene rings is 1. The molecule has 0 radical (unpaired) electrons. The van der Waals surface area contributed by atoms with Crippen LogP contribution in [-0.4, -0.2) is 47.9 Å². The van der Waals surface area contributed by atoms with Crippen molar-refractivity contribution in [3.8, 4) is 11.5 Å². The van der Waals surface area contributed by atoms with E-state index in [1.165, 1.54) is 20.1 Å². The van der Waals surface area contributed by atoms with E-state index in [0.717, 1.165) is 0 Å². The molecule has 0 spiro atoms. The first-order valence-electron chi connectivity index (χ1n) is 9.83. The molecule has 0 aliphatic carbocycles. The van der Waals surface area contributed by atoms with Crippen LogP contribution in [0.3, 0.4) is 0 Å². The Kier molecular flexibility index (Phi) is 6.56. The number of methoxy groups -OCH3 is 1. The van der Waals surface area contributed by atoms with Gasteiger partial charge >= 0.3 is 0 Å². The molecule has 1 saturated heterocycles. The first kappa shape index (κ1) is 21.6. The third-order valence-electron chi connectivity index (χ3n) is 5.31. The van der Waals surface area contributed by atoms with Crippen LogP contribution in [0.5, 0.6) is 11.5 Å². The van der Waals surface area contributed by atoms with Crippen molar-refractivity contribution in [2.24, 2.45) is 0 Å². The minimum Gasteiger partial charge on any atom is -0.502 e. The molecule has 1 aliphatic rings. The Morgan fingerprint density at radius 1 is 1.23 bits per heavy atom. The number of rotatable bonds is 6. The number of carbonyl (C=O) groups is 2. The Morgan fingerprint density at radius 2 is 1.87 bits per heavy atom. The van der Waals surface area contributed by atoms with Gasteiger partial charge in [-0.2, -0.15) is 0 Å². The largest absolute Gasteiger partial charge is 0.502 e. The van der Waals surface area contributed by atoms with E-state index < -0.39 is 17.2 Å². The molecule has 1 aliphatic heterocycles. The van der Waals surface area contributed by atoms with Crippen molar-refractivity contribution in [1.82, 2.24) is 10.2 Å². The monoisotopic (exact) mass is 414 g/mol. The van der Waals surface area contributed by atoms with Crippen molar-refractivity contribution in [1.29, 1.82) is 0 Å². The highest BCUT2D eigenvalue weighted by Crippen LogP contribution is 2.28. The Bertz CT molecular complexity index is 974. The lowest BCUT2D eigenvalue weighted by atomic mass is 9.97. The zero-order chi connectivity index (χ0) is 21.8. The number of piperidine rings is 1. The summed E-state index contributed by atoms with van der Waals surface area (Å²) in [5, 5.41) is 13.6. The number of aromatic hydroxyl groups is 1. The summed E-state index contributed by atoms with van der Waals surface area (Å²) in [7, 11) is 1.54. The van der Waals surface area contributed by atoms with Gasteiger partial charge in [-0.25, -0.2) is 0 Å². The minimum absolute atomic E-state index is 0.0154. The predicted molar refractivity (Wildman–Crippen MR) is 110 cm³/mol. The van der Waals surface area contributed by atoms with Crippen LogP contribution >= 0.6 is 0 Å². The molecule has 1 amide bonds. The fourth-order valence-electron chi connectivity index (χ4n) is 3.61. The van der Waals surface area contributed by atoms with Crippen LogP contribution < -0.4 is 15.5 Å². The van der Waals surface area contributed by atoms with Crippen molar-refractivity contribution < 1.29 is 23.8 Å². The maximum absolute atomic E-state index is 13.3. The first-order chi connectivity index (χ1) is 14.3. The second-order valence-electron chi connectivity index (χ2n) is 7.41. The fraction of sp³-hybridized carbons (Fsp3) is 0.409. The van der Waals surface area contributed by atoms with Crippen LogP contribution in [-0.2, 0) is 4.79 Å². The van der Waals surface area contributed by atoms with Gasteiger partial charge < -0.3 is 19.2 Å². The van der Waals surface area contributed by atoms with E-state index >= 15 is 0 Å². The number of Topliss-reactive ketones (excluding diaryl/α,β-unsaturated/α-hetero) is 1. The Hall–Kier alpha value is -3.13. The number of ketones is 1. The third kappa shape index (κ3) is 4.71. The SMILES string of the molecule is COc1ccc(C(=O)C(NC2CCN(C(C)=O)CC2)c2oc(C)cc(=O)c2O)cc1. The molecular formula is C22H26N2O6. The lowest BCUT2D eigenvalue weighted by Crippen LogP contribution is -2.46. The molecule has 3 rings (SSSR count). The Labute approximate surface area is 174 Å². The van der Waals surface area contributed by atoms with Gasteiger partial charge in [0.1, 0.15) is 17.6 Å². The van der Waals surface area contributed by atoms with E-state index in [2.05, 4.69) is 5.32 Å². The van der Waals surface area contributed by atoms with Gasteiger partial charge in [-0.1, -0.05) is 0 Å². The van der Waals surface area contributed by atoms with E-state index in [1.54, 1.807) is 36.1 Å². The molecule has 1 aromatic heterocycles. The van der Waals surface area contributed by atoms with E-state index in [-0.39, 0.29) is 23.5 Å². The molecule has 1 unspecified atom stereocenters. The summed E-state index contributed by atoms with van der Waals surface area (Å²) in [5.74, 6) is -0.0978. The van der Waals surface area contributed by atoms with Crippen LogP contribution in [0.25, 0.3) is 0 Å². The zero-order valence-corrected chi connectivity index (χ0v) is 17.3. The van der Waals surface area contributed by atoms with Gasteiger partial charge in [-0.3, -0.25) is 19.7 Å². The van der Waals surface area contributed by atoms with Crippen molar-refractivity contribution in [2.45, 2.75) is 38.8 Å². The van der Waals surface area contributed by atoms with Crippen molar-refractivity contribution >= 4 is 11.7 Å². The second kappa shape index (κ2) is 9.13. The quantitative estimate of drug-likeness (QED) is 0.698. The smallest absolute Gasteiger partial charge is 0.227 e. The molecule has 1 fully saturated rings. The molecule has 8 nitrogen and oxygen atoms in total. The molecule has 8 heteroatoms. The van der Waals surface area contributed by atoms with E-state index in [4.69, 9.17) is 9.15 Å². The van der Waals surface area contributed by atoms with Gasteiger partial charge in [-0.05, 0) is 44.0 Å². The Balaban J connectivity index is 1.92. The van der Waals surface area contributed by atoms with Crippen LogP contribution in [0.15, 0.2) is 39.5 Å². The number of ether oxygens (including phenoxy) is 1. The van der Waals surface area contributed by atoms with E-state index in [0.29, 0.717) is 43.0 Å². The normalized spacial score (nSPS) is 15.6. The summed E-state index contributed by atoms with van der Waals surface area (Å²) < 4.78 is 10.8. The second-order valence-corrected chi connectivity index (χ2v) is 7.41. The Morgan fingerprint density at radius 3 is 2.43 bits per heavy atom. The van der Waals surface area contributed by atoms with Crippen LogP contribution in [0.2, 0.25) is 0 Å². The summed E-state index contributed by atoms with van der Waals surface area (Å²) in [4.78, 5) is 38.8. The first-order valence-corrected chi connectivity index (χ1v) is 9.83. The van der Waals surface area contributed by atoms with Gasteiger partial charge in [0.25, 0.3) is 0 Å². The summed E-state index contributed by atoms with van der Waals surface area (Å²) >= 11 is 0. The summed E-state index contributed by atoms with van der Waals surface area (Å²) in [6.07, 6.45) is 1.28. The van der Waals surface area contributed by atoms with Gasteiger partial charge in [0.15, 0.2) is 11.5 Å². The van der Waals surface area contributed by atoms with Crippen LogP contribution in [0.4, 0.5) is 0 Å². The number of nitrogens with one attached hydrogen (secondary N) is 1. The highest BCUT2D eigenvalue weighted by Gasteiger charge is 2.32. The molecule has 0 bridgehead atoms. The van der Waals surface area contributed by atoms with E-state index in [9.17, 15) is 19.5 Å². The maximum atomic E-state index is 13.3. The molecule has 0 saturated carbocycles. The van der Waals surface area contributed by atoms with Crippen molar-refractivity contribution in [2.75, 3.05) is 20.2 Å². The zero-order valence-electron chi connectivity index (χ0n) is 17.3. The lowest BCUT2D eigenvalue weighted by molar-refractivity contribution is -0.129. The fourth-order valence-corrected chi connectivity index (χ4v) is 3.61. The molecular weight excluding hydrogens is 388 g/mol. The number of hydrogen-bond acceptors (Lipinski definition) is 7. The van der Waals surface area contributed by atoms with Crippen LogP contribution in [0, 0.1) is 6.92 Å². The highest BCUT2D eigenvalue weighted by molar-refractivity contribution is 6.00. The summed E-state index contributed by atoms with van der Waals surface area (Å²) in [6, 6.07) is 6.64. The molecule has 160 valence electrons. The molecule has 2 heterocycles. The van der Waals surface area contributed by atoms with Crippen molar-refractivity contribution in [3.05, 3.63) is 57.6 Å². The predicted octanol–water partition coefficient (Wildman–Crippen LogP) is 2.19. The van der Waals surface area contributed by atoms with Crippen molar-refractivity contribution in [3.63, 3.8) is 0 Å². The molecule has 1 atom stereocenters. The average Bonchev–Trinajstić information content (AvgIpc) is 2.74. The summed E-state index contributed by atoms with van der Waals surface area (Å²) in [5.41, 5.74) is -0.215. The molecule has 2 N–H and O–H groups in total. The summed E-state index contributed by atoms with van der Waals surface area (Å²) in [6.45, 7) is 4.26. The molecule has 30 heavy (non-hydrogen) atoms. The molecule has 2 aromatic rings. The standard InChI is InChI=1S/C22H26N2O6/c1-13-12-18(26)21(28)22(30-13)19(20(27)15-4-6-17(29-3)7-5-15)23-16-8-10-24(11-9-16)14(2)25/h4-7,12,16,19,23,28H,8-11H2,1-3H3.